The van der Waals surface area contributed by atoms with Crippen molar-refractivity contribution >= 4 is 35.1 Å². The molecule has 0 saturated heterocycles. The average molecular weight is 591 g/mol. The van der Waals surface area contributed by atoms with E-state index in [1.165, 1.54) is 28.7 Å². The summed E-state index contributed by atoms with van der Waals surface area (Å²) in [4.78, 5) is 13.3. The number of hydrogen-bond acceptors (Lipinski definition) is 5. The zero-order chi connectivity index (χ0) is 30.1. The Hall–Kier alpha value is -2.42. The van der Waals surface area contributed by atoms with E-state index in [1.807, 2.05) is 27.8 Å². The highest BCUT2D eigenvalue weighted by molar-refractivity contribution is 7.99. The van der Waals surface area contributed by atoms with Crippen molar-refractivity contribution in [2.45, 2.75) is 82.5 Å². The predicted molar refractivity (Wildman–Crippen MR) is 166 cm³/mol. The number of halogens is 3. The maximum absolute atomic E-state index is 13.0. The van der Waals surface area contributed by atoms with Gasteiger partial charge in [0.25, 0.3) is 0 Å². The summed E-state index contributed by atoms with van der Waals surface area (Å²) in [6, 6.07) is 16.2. The Balaban J connectivity index is 0.000000708. The highest BCUT2D eigenvalue weighted by atomic mass is 32.2. The Bertz CT molecular complexity index is 1240. The zero-order valence-electron chi connectivity index (χ0n) is 24.5. The fourth-order valence-corrected chi connectivity index (χ4v) is 6.60. The maximum Gasteiger partial charge on any atom is 0.389 e. The SMILES string of the molecule is CNCCC(C)=N.Cc1cc(SC(CCC(F)(F)F)c2ccc(C=O)s2)cc(C)c1-c1ccc(C(C)(C)C)cc1. The van der Waals surface area contributed by atoms with Crippen molar-refractivity contribution in [3.8, 4) is 11.1 Å². The van der Waals surface area contributed by atoms with E-state index in [0.717, 1.165) is 57.0 Å². The molecule has 2 aromatic carbocycles. The molecule has 1 unspecified atom stereocenters. The van der Waals surface area contributed by atoms with Crippen LogP contribution in [0.15, 0.2) is 53.4 Å². The molecule has 0 aliphatic rings. The van der Waals surface area contributed by atoms with Gasteiger partial charge in [0.05, 0.1) is 4.88 Å². The molecule has 0 bridgehead atoms. The molecule has 0 saturated carbocycles. The van der Waals surface area contributed by atoms with Crippen molar-refractivity contribution < 1.29 is 18.0 Å². The molecule has 0 aliphatic heterocycles. The van der Waals surface area contributed by atoms with Gasteiger partial charge in [0.2, 0.25) is 0 Å². The standard InChI is InChI=1S/C27H29F3OS2.C5H12N2/c1-17-14-22(15-18(2)25(17)19-6-8-20(9-7-19)26(3,4)5)33-24(12-13-27(28,29)30)23-11-10-21(16-31)32-23;1-5(6)3-4-7-2/h6-11,14-16,24H,12-13H2,1-5H3;6-7H,3-4H2,1-2H3. The molecule has 40 heavy (non-hydrogen) atoms. The summed E-state index contributed by atoms with van der Waals surface area (Å²) >= 11 is 2.71. The van der Waals surface area contributed by atoms with Crippen LogP contribution >= 0.6 is 23.1 Å². The molecule has 0 aliphatic carbocycles. The number of thiophene rings is 1. The Morgan fingerprint density at radius 3 is 2.08 bits per heavy atom. The van der Waals surface area contributed by atoms with Crippen LogP contribution < -0.4 is 5.32 Å². The van der Waals surface area contributed by atoms with Crippen LogP contribution in [0.25, 0.3) is 11.1 Å². The fourth-order valence-electron chi connectivity index (χ4n) is 4.22. The van der Waals surface area contributed by atoms with E-state index in [4.69, 9.17) is 5.41 Å². The first-order chi connectivity index (χ1) is 18.6. The van der Waals surface area contributed by atoms with E-state index in [9.17, 15) is 18.0 Å². The number of hydrogen-bond donors (Lipinski definition) is 2. The third-order valence-electron chi connectivity index (χ3n) is 6.35. The maximum atomic E-state index is 13.0. The van der Waals surface area contributed by atoms with Crippen molar-refractivity contribution in [1.82, 2.24) is 5.32 Å². The number of alkyl halides is 3. The molecule has 3 nitrogen and oxygen atoms in total. The molecule has 0 amide bonds. The van der Waals surface area contributed by atoms with Crippen molar-refractivity contribution in [3.63, 3.8) is 0 Å². The molecule has 3 aromatic rings. The van der Waals surface area contributed by atoms with E-state index >= 15 is 0 Å². The minimum absolute atomic E-state index is 0.0267. The van der Waals surface area contributed by atoms with Crippen LogP contribution in [0.2, 0.25) is 0 Å². The molecule has 1 aromatic heterocycles. The van der Waals surface area contributed by atoms with Crippen LogP contribution in [-0.2, 0) is 5.41 Å². The third-order valence-corrected chi connectivity index (χ3v) is 8.90. The van der Waals surface area contributed by atoms with Gasteiger partial charge in [-0.1, -0.05) is 45.0 Å². The molecule has 1 heterocycles. The molecule has 0 fully saturated rings. The van der Waals surface area contributed by atoms with Crippen molar-refractivity contribution in [2.75, 3.05) is 13.6 Å². The lowest BCUT2D eigenvalue weighted by Gasteiger charge is -2.21. The molecule has 0 spiro atoms. The Morgan fingerprint density at radius 2 is 1.65 bits per heavy atom. The minimum atomic E-state index is -4.21. The number of benzene rings is 2. The molecule has 3 rings (SSSR count). The van der Waals surface area contributed by atoms with Gasteiger partial charge in [-0.05, 0) is 98.2 Å². The normalized spacial score (nSPS) is 12.4. The lowest BCUT2D eigenvalue weighted by atomic mass is 9.85. The van der Waals surface area contributed by atoms with Gasteiger partial charge < -0.3 is 10.7 Å². The number of aryl methyl sites for hydroxylation is 2. The van der Waals surface area contributed by atoms with Gasteiger partial charge in [0.1, 0.15) is 0 Å². The van der Waals surface area contributed by atoms with Crippen molar-refractivity contribution in [3.05, 3.63) is 75.0 Å². The first-order valence-corrected chi connectivity index (χ1v) is 15.0. The van der Waals surface area contributed by atoms with Gasteiger partial charge >= 0.3 is 6.18 Å². The smallest absolute Gasteiger partial charge is 0.319 e. The highest BCUT2D eigenvalue weighted by Crippen LogP contribution is 2.44. The molecule has 218 valence electrons. The van der Waals surface area contributed by atoms with Crippen molar-refractivity contribution in [1.29, 1.82) is 5.41 Å². The molecular formula is C32H41F3N2OS2. The Kier molecular flexibility index (Phi) is 12.7. The third kappa shape index (κ3) is 10.9. The van der Waals surface area contributed by atoms with Gasteiger partial charge in [0.15, 0.2) is 6.29 Å². The molecule has 8 heteroatoms. The zero-order valence-corrected chi connectivity index (χ0v) is 26.1. The van der Waals surface area contributed by atoms with Crippen molar-refractivity contribution in [2.24, 2.45) is 0 Å². The second-order valence-electron chi connectivity index (χ2n) is 11.0. The predicted octanol–water partition coefficient (Wildman–Crippen LogP) is 9.95. The second kappa shape index (κ2) is 15.0. The number of rotatable bonds is 10. The monoisotopic (exact) mass is 590 g/mol. The largest absolute Gasteiger partial charge is 0.389 e. The first-order valence-electron chi connectivity index (χ1n) is 13.3. The number of carbonyl (C=O) groups is 1. The molecule has 2 N–H and O–H groups in total. The first kappa shape index (κ1) is 33.8. The van der Waals surface area contributed by atoms with Gasteiger partial charge in [0, 0.05) is 33.7 Å². The average Bonchev–Trinajstić information content (AvgIpc) is 3.34. The van der Waals surface area contributed by atoms with Crippen LogP contribution in [0.1, 0.15) is 83.4 Å². The summed E-state index contributed by atoms with van der Waals surface area (Å²) in [5.41, 5.74) is 6.58. The number of thioether (sulfide) groups is 1. The van der Waals surface area contributed by atoms with Crippen LogP contribution in [-0.4, -0.2) is 31.8 Å². The van der Waals surface area contributed by atoms with Crippen LogP contribution in [0.4, 0.5) is 13.2 Å². The van der Waals surface area contributed by atoms with Crippen LogP contribution in [0.5, 0.6) is 0 Å². The summed E-state index contributed by atoms with van der Waals surface area (Å²) < 4.78 is 38.9. The van der Waals surface area contributed by atoms with Gasteiger partial charge in [-0.15, -0.1) is 23.1 Å². The summed E-state index contributed by atoms with van der Waals surface area (Å²) in [6.07, 6.45) is -3.47. The molecular weight excluding hydrogens is 549 g/mol. The number of nitrogens with one attached hydrogen (secondary N) is 2. The highest BCUT2D eigenvalue weighted by Gasteiger charge is 2.30. The summed E-state index contributed by atoms with van der Waals surface area (Å²) in [6.45, 7) is 13.4. The topological polar surface area (TPSA) is 53.0 Å². The van der Waals surface area contributed by atoms with E-state index in [-0.39, 0.29) is 17.1 Å². The number of aldehydes is 1. The lowest BCUT2D eigenvalue weighted by molar-refractivity contribution is -0.135. The van der Waals surface area contributed by atoms with Crippen LogP contribution in [0.3, 0.4) is 0 Å². The minimum Gasteiger partial charge on any atom is -0.319 e. The lowest BCUT2D eigenvalue weighted by Crippen LogP contribution is -2.10. The van der Waals surface area contributed by atoms with Gasteiger partial charge in [-0.25, -0.2) is 0 Å². The van der Waals surface area contributed by atoms with E-state index < -0.39 is 12.6 Å². The summed E-state index contributed by atoms with van der Waals surface area (Å²) in [7, 11) is 1.89. The fraction of sp³-hybridized carbons (Fsp3) is 0.438. The van der Waals surface area contributed by atoms with E-state index in [1.54, 1.807) is 12.1 Å². The summed E-state index contributed by atoms with van der Waals surface area (Å²) in [5.74, 6) is 0. The second-order valence-corrected chi connectivity index (χ2v) is 13.4. The van der Waals surface area contributed by atoms with Crippen LogP contribution in [0, 0.1) is 19.3 Å². The van der Waals surface area contributed by atoms with E-state index in [2.05, 4.69) is 62.5 Å². The molecule has 1 atom stereocenters. The Labute approximate surface area is 245 Å². The quantitative estimate of drug-likeness (QED) is 0.140. The van der Waals surface area contributed by atoms with Gasteiger partial charge in [-0.2, -0.15) is 13.2 Å². The van der Waals surface area contributed by atoms with Gasteiger partial charge in [-0.3, -0.25) is 4.79 Å². The molecule has 0 radical (unpaired) electrons. The number of carbonyl (C=O) groups excluding carboxylic acids is 1. The summed E-state index contributed by atoms with van der Waals surface area (Å²) in [5, 5.41) is 9.56. The van der Waals surface area contributed by atoms with E-state index in [0.29, 0.717) is 4.88 Å². The Morgan fingerprint density at radius 1 is 1.05 bits per heavy atom.